The highest BCUT2D eigenvalue weighted by molar-refractivity contribution is 7.96. The van der Waals surface area contributed by atoms with Crippen LogP contribution in [-0.4, -0.2) is 8.42 Å². The molecule has 1 unspecified atom stereocenters. The molecule has 188 valence electrons. The molecule has 3 aromatic carbocycles. The molecule has 6 nitrogen and oxygen atoms in total. The first-order valence-electron chi connectivity index (χ1n) is 10.9. The fourth-order valence-electron chi connectivity index (χ4n) is 4.43. The summed E-state index contributed by atoms with van der Waals surface area (Å²) in [5.41, 5.74) is 6.09. The number of hydrogen-bond acceptors (Lipinski definition) is 5. The van der Waals surface area contributed by atoms with Crippen molar-refractivity contribution in [3.8, 4) is 6.07 Å². The smallest absolute Gasteiger partial charge is 0.416 e. The number of anilines is 1. The van der Waals surface area contributed by atoms with E-state index in [0.717, 1.165) is 28.6 Å². The lowest BCUT2D eigenvalue weighted by molar-refractivity contribution is -0.137. The second-order valence-electron chi connectivity index (χ2n) is 8.39. The Bertz CT molecular complexity index is 1600. The topological polar surface area (TPSA) is 96.4 Å². The van der Waals surface area contributed by atoms with Gasteiger partial charge in [0.1, 0.15) is 22.4 Å². The summed E-state index contributed by atoms with van der Waals surface area (Å²) in [6, 6.07) is 17.5. The van der Waals surface area contributed by atoms with Crippen molar-refractivity contribution in [2.45, 2.75) is 18.6 Å². The van der Waals surface area contributed by atoms with Crippen LogP contribution in [0.25, 0.3) is 5.76 Å². The third-order valence-electron chi connectivity index (χ3n) is 6.17. The monoisotopic (exact) mass is 527 g/mol. The predicted octanol–water partition coefficient (Wildman–Crippen LogP) is 5.37. The number of nitrogens with two attached hydrogens (primary N) is 1. The van der Waals surface area contributed by atoms with Gasteiger partial charge in [-0.1, -0.05) is 36.4 Å². The van der Waals surface area contributed by atoms with Crippen LogP contribution < -0.4 is 10.0 Å². The lowest BCUT2D eigenvalue weighted by atomic mass is 9.88. The van der Waals surface area contributed by atoms with Crippen molar-refractivity contribution in [3.05, 3.63) is 117 Å². The van der Waals surface area contributed by atoms with E-state index >= 15 is 0 Å². The number of halogens is 4. The molecule has 0 bridgehead atoms. The van der Waals surface area contributed by atoms with Crippen LogP contribution in [0.1, 0.15) is 28.2 Å². The first-order valence-corrected chi connectivity index (χ1v) is 12.3. The molecule has 0 saturated carbocycles. The number of rotatable bonds is 3. The molecule has 2 aliphatic rings. The minimum atomic E-state index is -4.60. The van der Waals surface area contributed by atoms with Gasteiger partial charge in [0.05, 0.1) is 23.7 Å². The third-order valence-corrected chi connectivity index (χ3v) is 8.05. The SMILES string of the molecule is N#CC1=C(N)OC2=C(C1c1ccc(C(F)(F)F)cc1)S(=O)(=O)N(Cc1ccc(F)cc1)c1ccccc12. The fraction of sp³-hybridized carbons (Fsp3) is 0.115. The van der Waals surface area contributed by atoms with E-state index in [1.54, 1.807) is 24.3 Å². The summed E-state index contributed by atoms with van der Waals surface area (Å²) in [6.45, 7) is -0.169. The van der Waals surface area contributed by atoms with Crippen molar-refractivity contribution in [2.24, 2.45) is 5.73 Å². The van der Waals surface area contributed by atoms with Gasteiger partial charge in [0.15, 0.2) is 5.76 Å². The van der Waals surface area contributed by atoms with Crippen molar-refractivity contribution in [1.82, 2.24) is 0 Å². The molecule has 2 heterocycles. The van der Waals surface area contributed by atoms with E-state index < -0.39 is 33.5 Å². The van der Waals surface area contributed by atoms with Crippen LogP contribution in [0.15, 0.2) is 89.2 Å². The van der Waals surface area contributed by atoms with Crippen molar-refractivity contribution in [2.75, 3.05) is 4.31 Å². The molecule has 0 radical (unpaired) electrons. The van der Waals surface area contributed by atoms with Crippen molar-refractivity contribution in [3.63, 3.8) is 0 Å². The normalized spacial score (nSPS) is 18.6. The molecule has 0 aromatic heterocycles. The van der Waals surface area contributed by atoms with Gasteiger partial charge in [0.2, 0.25) is 5.88 Å². The Morgan fingerprint density at radius 3 is 2.27 bits per heavy atom. The van der Waals surface area contributed by atoms with Crippen molar-refractivity contribution < 1.29 is 30.7 Å². The van der Waals surface area contributed by atoms with Crippen LogP contribution >= 0.6 is 0 Å². The lowest BCUT2D eigenvalue weighted by Crippen LogP contribution is -2.39. The lowest BCUT2D eigenvalue weighted by Gasteiger charge is -2.38. The summed E-state index contributed by atoms with van der Waals surface area (Å²) in [5.74, 6) is -2.25. The van der Waals surface area contributed by atoms with E-state index in [-0.39, 0.29) is 39.9 Å². The molecule has 0 aliphatic carbocycles. The van der Waals surface area contributed by atoms with E-state index in [1.807, 2.05) is 6.07 Å². The number of ether oxygens (including phenoxy) is 1. The summed E-state index contributed by atoms with van der Waals surface area (Å²) >= 11 is 0. The molecule has 2 N–H and O–H groups in total. The minimum Gasteiger partial charge on any atom is -0.439 e. The van der Waals surface area contributed by atoms with Gasteiger partial charge in [-0.2, -0.15) is 18.4 Å². The largest absolute Gasteiger partial charge is 0.439 e. The standard InChI is InChI=1S/C26H17F4N3O3S/c27-18-11-5-15(6-12-18)14-33-21-4-2-1-3-19(21)23-24(37(33,34)35)22(20(13-31)25(32)36-23)16-7-9-17(10-8-16)26(28,29)30/h1-12,22H,14,32H2. The molecule has 5 rings (SSSR count). The third kappa shape index (κ3) is 4.09. The molecule has 0 spiro atoms. The second-order valence-corrected chi connectivity index (χ2v) is 10.2. The maximum atomic E-state index is 14.1. The van der Waals surface area contributed by atoms with E-state index in [1.165, 1.54) is 24.3 Å². The molecular weight excluding hydrogens is 510 g/mol. The Kier molecular flexibility index (Phi) is 5.72. The zero-order valence-corrected chi connectivity index (χ0v) is 19.6. The second kappa shape index (κ2) is 8.67. The Morgan fingerprint density at radius 1 is 1.00 bits per heavy atom. The Morgan fingerprint density at radius 2 is 1.65 bits per heavy atom. The van der Waals surface area contributed by atoms with Crippen LogP contribution in [0.4, 0.5) is 23.2 Å². The molecular formula is C26H17F4N3O3S. The highest BCUT2D eigenvalue weighted by Crippen LogP contribution is 2.51. The van der Waals surface area contributed by atoms with Crippen LogP contribution in [0.2, 0.25) is 0 Å². The van der Waals surface area contributed by atoms with Crippen molar-refractivity contribution >= 4 is 21.5 Å². The zero-order chi connectivity index (χ0) is 26.5. The highest BCUT2D eigenvalue weighted by Gasteiger charge is 2.47. The van der Waals surface area contributed by atoms with Gasteiger partial charge in [-0.15, -0.1) is 0 Å². The Balaban J connectivity index is 1.72. The molecule has 37 heavy (non-hydrogen) atoms. The number of sulfonamides is 1. The molecule has 3 aromatic rings. The predicted molar refractivity (Wildman–Crippen MR) is 127 cm³/mol. The van der Waals surface area contributed by atoms with E-state index in [4.69, 9.17) is 10.5 Å². The average Bonchev–Trinajstić information content (AvgIpc) is 2.86. The van der Waals surface area contributed by atoms with Crippen molar-refractivity contribution in [1.29, 1.82) is 5.26 Å². The number of hydrogen-bond donors (Lipinski definition) is 1. The minimum absolute atomic E-state index is 0.104. The van der Waals surface area contributed by atoms with E-state index in [0.29, 0.717) is 11.1 Å². The number of benzene rings is 3. The number of nitriles is 1. The summed E-state index contributed by atoms with van der Waals surface area (Å²) in [6.07, 6.45) is -4.60. The number of alkyl halides is 3. The molecule has 0 saturated heterocycles. The van der Waals surface area contributed by atoms with Gasteiger partial charge in [0.25, 0.3) is 10.0 Å². The molecule has 2 aliphatic heterocycles. The maximum absolute atomic E-state index is 14.1. The first-order chi connectivity index (χ1) is 17.5. The number of nitrogens with zero attached hydrogens (tertiary/aromatic N) is 2. The molecule has 11 heteroatoms. The summed E-state index contributed by atoms with van der Waals surface area (Å²) in [4.78, 5) is -0.321. The fourth-order valence-corrected chi connectivity index (χ4v) is 6.35. The summed E-state index contributed by atoms with van der Waals surface area (Å²) in [7, 11) is -4.42. The van der Waals surface area contributed by atoms with Crippen LogP contribution in [-0.2, 0) is 27.5 Å². The van der Waals surface area contributed by atoms with Gasteiger partial charge < -0.3 is 10.5 Å². The highest BCUT2D eigenvalue weighted by atomic mass is 32.2. The molecule has 0 fully saturated rings. The number of allylic oxidation sites excluding steroid dienone is 2. The average molecular weight is 527 g/mol. The van der Waals surface area contributed by atoms with E-state index in [9.17, 15) is 31.2 Å². The van der Waals surface area contributed by atoms with Crippen LogP contribution in [0.3, 0.4) is 0 Å². The van der Waals surface area contributed by atoms with Gasteiger partial charge in [-0.25, -0.2) is 12.8 Å². The van der Waals surface area contributed by atoms with Gasteiger partial charge in [-0.05, 0) is 47.5 Å². The van der Waals surface area contributed by atoms with Crippen LogP contribution in [0, 0.1) is 17.1 Å². The number of fused-ring (bicyclic) bond motifs is 2. The number of para-hydroxylation sites is 1. The van der Waals surface area contributed by atoms with Gasteiger partial charge in [0, 0.05) is 5.56 Å². The summed E-state index contributed by atoms with van der Waals surface area (Å²) < 4.78 is 88.0. The van der Waals surface area contributed by atoms with E-state index in [2.05, 4.69) is 0 Å². The van der Waals surface area contributed by atoms with Gasteiger partial charge in [-0.3, -0.25) is 4.31 Å². The quantitative estimate of drug-likeness (QED) is 0.462. The zero-order valence-electron chi connectivity index (χ0n) is 18.8. The Hall–Kier alpha value is -4.30. The summed E-state index contributed by atoms with van der Waals surface area (Å²) in [5, 5.41) is 9.85. The Labute approximate surface area is 209 Å². The first kappa shape index (κ1) is 24.4. The molecule has 0 amide bonds. The maximum Gasteiger partial charge on any atom is 0.416 e. The molecule has 1 atom stereocenters. The van der Waals surface area contributed by atoms with Crippen LogP contribution in [0.5, 0.6) is 0 Å². The van der Waals surface area contributed by atoms with Gasteiger partial charge >= 0.3 is 6.18 Å².